The van der Waals surface area contributed by atoms with E-state index in [0.717, 1.165) is 40.8 Å². The van der Waals surface area contributed by atoms with Crippen molar-refractivity contribution in [3.63, 3.8) is 0 Å². The van der Waals surface area contributed by atoms with E-state index in [1.165, 1.54) is 19.3 Å². The van der Waals surface area contributed by atoms with Crippen LogP contribution in [0.2, 0.25) is 0 Å². The number of hydrogen-bond donors (Lipinski definition) is 1. The predicted octanol–water partition coefficient (Wildman–Crippen LogP) is 5.33. The average molecular weight is 404 g/mol. The van der Waals surface area contributed by atoms with Gasteiger partial charge in [0.15, 0.2) is 0 Å². The molecule has 0 radical (unpaired) electrons. The molecule has 0 bridgehead atoms. The van der Waals surface area contributed by atoms with Crippen molar-refractivity contribution in [2.45, 2.75) is 51.0 Å². The van der Waals surface area contributed by atoms with E-state index in [1.54, 1.807) is 0 Å². The summed E-state index contributed by atoms with van der Waals surface area (Å²) in [5, 5.41) is 0.959. The molecule has 0 aliphatic heterocycles. The summed E-state index contributed by atoms with van der Waals surface area (Å²) in [6.07, 6.45) is 7.00. The van der Waals surface area contributed by atoms with Gasteiger partial charge in [-0.2, -0.15) is 0 Å². The molecule has 5 nitrogen and oxygen atoms in total. The molecule has 1 saturated carbocycles. The number of hydrogen-bond acceptors (Lipinski definition) is 4. The first kappa shape index (κ1) is 20.2. The zero-order valence-corrected chi connectivity index (χ0v) is 17.5. The zero-order chi connectivity index (χ0) is 20.9. The van der Waals surface area contributed by atoms with Crippen LogP contribution in [-0.2, 0) is 11.2 Å². The molecule has 156 valence electrons. The molecule has 4 rings (SSSR count). The van der Waals surface area contributed by atoms with Crippen LogP contribution in [0, 0.1) is 0 Å². The molecule has 1 fully saturated rings. The molecule has 30 heavy (non-hydrogen) atoms. The van der Waals surface area contributed by atoms with E-state index >= 15 is 0 Å². The fraction of sp³-hybridized carbons (Fsp3) is 0.360. The molecule has 0 atom stereocenters. The van der Waals surface area contributed by atoms with Crippen LogP contribution in [-0.4, -0.2) is 28.9 Å². The molecular weight excluding hydrogens is 374 g/mol. The van der Waals surface area contributed by atoms with E-state index in [0.29, 0.717) is 24.7 Å². The van der Waals surface area contributed by atoms with Crippen molar-refractivity contribution in [1.82, 2.24) is 9.88 Å². The molecule has 0 spiro atoms. The van der Waals surface area contributed by atoms with Crippen molar-refractivity contribution in [3.8, 4) is 11.5 Å². The molecule has 1 amide bonds. The highest BCUT2D eigenvalue weighted by Gasteiger charge is 2.22. The topological polar surface area (TPSA) is 68.5 Å². The standard InChI is InChI=1S/C25H29N3O2/c1-28(20-8-4-2-5-9-20)24(29)15-12-18-16-19-17-22(13-14-23(19)27-25(18)26)30-21-10-6-3-7-11-21/h3,6-7,10-11,13-14,16-17,20H,2,4-5,8-9,12,15H2,1H3,(H2,26,27). The van der Waals surface area contributed by atoms with E-state index in [2.05, 4.69) is 4.98 Å². The zero-order valence-electron chi connectivity index (χ0n) is 17.5. The van der Waals surface area contributed by atoms with Gasteiger partial charge in [-0.3, -0.25) is 4.79 Å². The van der Waals surface area contributed by atoms with Crippen molar-refractivity contribution in [2.24, 2.45) is 0 Å². The minimum Gasteiger partial charge on any atom is -0.457 e. The maximum absolute atomic E-state index is 12.7. The molecule has 2 aromatic carbocycles. The predicted molar refractivity (Wildman–Crippen MR) is 121 cm³/mol. The summed E-state index contributed by atoms with van der Waals surface area (Å²) in [7, 11) is 1.94. The third-order valence-corrected chi connectivity index (χ3v) is 6.00. The van der Waals surface area contributed by atoms with Crippen molar-refractivity contribution >= 4 is 22.6 Å². The Hall–Kier alpha value is -3.08. The van der Waals surface area contributed by atoms with Crippen LogP contribution in [0.25, 0.3) is 10.9 Å². The number of pyridine rings is 1. The number of anilines is 1. The van der Waals surface area contributed by atoms with Gasteiger partial charge in [0.25, 0.3) is 0 Å². The Labute approximate surface area is 177 Å². The lowest BCUT2D eigenvalue weighted by Gasteiger charge is -2.31. The summed E-state index contributed by atoms with van der Waals surface area (Å²) in [5.74, 6) is 2.21. The molecule has 1 aliphatic rings. The van der Waals surface area contributed by atoms with Gasteiger partial charge < -0.3 is 15.4 Å². The number of fused-ring (bicyclic) bond motifs is 1. The summed E-state index contributed by atoms with van der Waals surface area (Å²) in [5.41, 5.74) is 7.91. The average Bonchev–Trinajstić information content (AvgIpc) is 2.78. The van der Waals surface area contributed by atoms with Crippen molar-refractivity contribution in [1.29, 1.82) is 0 Å². The molecule has 1 aromatic heterocycles. The smallest absolute Gasteiger partial charge is 0.222 e. The first-order valence-corrected chi connectivity index (χ1v) is 10.8. The lowest BCUT2D eigenvalue weighted by atomic mass is 9.94. The molecular formula is C25H29N3O2. The molecule has 1 aliphatic carbocycles. The number of aryl methyl sites for hydroxylation is 1. The number of benzene rings is 2. The Morgan fingerprint density at radius 2 is 1.83 bits per heavy atom. The first-order valence-electron chi connectivity index (χ1n) is 10.8. The summed E-state index contributed by atoms with van der Waals surface area (Å²) in [4.78, 5) is 19.2. The SMILES string of the molecule is CN(C(=O)CCc1cc2cc(Oc3ccccc3)ccc2nc1N)C1CCCCC1. The normalized spacial score (nSPS) is 14.6. The van der Waals surface area contributed by atoms with Crippen molar-refractivity contribution in [3.05, 3.63) is 60.2 Å². The number of nitrogens with zero attached hydrogens (tertiary/aromatic N) is 2. The maximum atomic E-state index is 12.7. The van der Waals surface area contributed by atoms with Gasteiger partial charge in [0.05, 0.1) is 5.52 Å². The molecule has 0 saturated heterocycles. The number of rotatable bonds is 6. The van der Waals surface area contributed by atoms with Crippen LogP contribution in [0.15, 0.2) is 54.6 Å². The van der Waals surface area contributed by atoms with Gasteiger partial charge in [0.1, 0.15) is 17.3 Å². The largest absolute Gasteiger partial charge is 0.457 e. The summed E-state index contributed by atoms with van der Waals surface area (Å²) < 4.78 is 5.93. The van der Waals surface area contributed by atoms with Gasteiger partial charge in [-0.25, -0.2) is 4.98 Å². The monoisotopic (exact) mass is 403 g/mol. The lowest BCUT2D eigenvalue weighted by molar-refractivity contribution is -0.132. The Morgan fingerprint density at radius 1 is 1.07 bits per heavy atom. The quantitative estimate of drug-likeness (QED) is 0.604. The Kier molecular flexibility index (Phi) is 6.17. The van der Waals surface area contributed by atoms with Gasteiger partial charge in [-0.15, -0.1) is 0 Å². The fourth-order valence-corrected chi connectivity index (χ4v) is 4.19. The number of carbonyl (C=O) groups excluding carboxylic acids is 1. The Bertz CT molecular complexity index is 1010. The van der Waals surface area contributed by atoms with E-state index in [4.69, 9.17) is 10.5 Å². The third-order valence-electron chi connectivity index (χ3n) is 6.00. The highest BCUT2D eigenvalue weighted by Crippen LogP contribution is 2.28. The number of amides is 1. The van der Waals surface area contributed by atoms with Crippen LogP contribution < -0.4 is 10.5 Å². The second kappa shape index (κ2) is 9.16. The van der Waals surface area contributed by atoms with Crippen molar-refractivity contribution < 1.29 is 9.53 Å². The third kappa shape index (κ3) is 4.73. The number of aromatic nitrogens is 1. The Morgan fingerprint density at radius 3 is 2.60 bits per heavy atom. The van der Waals surface area contributed by atoms with E-state index < -0.39 is 0 Å². The molecule has 0 unspecified atom stereocenters. The van der Waals surface area contributed by atoms with Gasteiger partial charge in [-0.1, -0.05) is 37.5 Å². The highest BCUT2D eigenvalue weighted by atomic mass is 16.5. The lowest BCUT2D eigenvalue weighted by Crippen LogP contribution is -2.38. The highest BCUT2D eigenvalue weighted by molar-refractivity contribution is 5.83. The van der Waals surface area contributed by atoms with Crippen LogP contribution in [0.3, 0.4) is 0 Å². The number of nitrogens with two attached hydrogens (primary N) is 1. The number of para-hydroxylation sites is 1. The van der Waals surface area contributed by atoms with Crippen LogP contribution >= 0.6 is 0 Å². The molecule has 3 aromatic rings. The molecule has 5 heteroatoms. The molecule has 2 N–H and O–H groups in total. The van der Waals surface area contributed by atoms with Crippen LogP contribution in [0.4, 0.5) is 5.82 Å². The summed E-state index contributed by atoms with van der Waals surface area (Å²) >= 11 is 0. The van der Waals surface area contributed by atoms with E-state index in [9.17, 15) is 4.79 Å². The van der Waals surface area contributed by atoms with Gasteiger partial charge >= 0.3 is 0 Å². The minimum absolute atomic E-state index is 0.183. The number of ether oxygens (including phenoxy) is 1. The van der Waals surface area contributed by atoms with Gasteiger partial charge in [0.2, 0.25) is 5.91 Å². The second-order valence-electron chi connectivity index (χ2n) is 8.10. The fourth-order valence-electron chi connectivity index (χ4n) is 4.19. The van der Waals surface area contributed by atoms with Gasteiger partial charge in [-0.05, 0) is 61.2 Å². The summed E-state index contributed by atoms with van der Waals surface area (Å²) in [6.45, 7) is 0. The van der Waals surface area contributed by atoms with E-state index in [1.807, 2.05) is 66.5 Å². The number of nitrogen functional groups attached to an aromatic ring is 1. The first-order chi connectivity index (χ1) is 14.6. The van der Waals surface area contributed by atoms with Gasteiger partial charge in [0, 0.05) is 24.9 Å². The molecule has 1 heterocycles. The van der Waals surface area contributed by atoms with Crippen LogP contribution in [0.1, 0.15) is 44.1 Å². The second-order valence-corrected chi connectivity index (χ2v) is 8.10. The van der Waals surface area contributed by atoms with Crippen molar-refractivity contribution in [2.75, 3.05) is 12.8 Å². The Balaban J connectivity index is 1.46. The summed E-state index contributed by atoms with van der Waals surface area (Å²) in [6, 6.07) is 17.9. The van der Waals surface area contributed by atoms with E-state index in [-0.39, 0.29) is 5.91 Å². The number of carbonyl (C=O) groups is 1. The van der Waals surface area contributed by atoms with Crippen LogP contribution in [0.5, 0.6) is 11.5 Å². The minimum atomic E-state index is 0.183. The maximum Gasteiger partial charge on any atom is 0.222 e.